The highest BCUT2D eigenvalue weighted by atomic mass is 32.2. The highest BCUT2D eigenvalue weighted by Crippen LogP contribution is 2.23. The monoisotopic (exact) mass is 472 g/mol. The standard InChI is InChI=1S/C21H21FN6O4S/c1-12(2)18(24-20(30)13-6-5-7-14(10-13)28(31)32)19-25-21(27-26-19)33-11-17(29)23-16-9-4-3-8-15(16)22/h3-10,12,18H,11H2,1-2H3,(H,23,29)(H,24,30)(H,25,26,27)/t18-/m1/s1. The minimum absolute atomic E-state index is 0.0436. The molecule has 0 saturated carbocycles. The zero-order valence-corrected chi connectivity index (χ0v) is 18.6. The summed E-state index contributed by atoms with van der Waals surface area (Å²) in [5.74, 6) is -1.19. The Kier molecular flexibility index (Phi) is 7.72. The number of rotatable bonds is 9. The van der Waals surface area contributed by atoms with Crippen molar-refractivity contribution in [3.63, 3.8) is 0 Å². The van der Waals surface area contributed by atoms with Crippen LogP contribution in [0.1, 0.15) is 36.1 Å². The molecular formula is C21H21FN6O4S. The smallest absolute Gasteiger partial charge is 0.270 e. The highest BCUT2D eigenvalue weighted by molar-refractivity contribution is 7.99. The molecule has 0 aliphatic rings. The summed E-state index contributed by atoms with van der Waals surface area (Å²) in [5.41, 5.74) is 0.0482. The number of amides is 2. The van der Waals surface area contributed by atoms with Crippen LogP contribution in [0.4, 0.5) is 15.8 Å². The van der Waals surface area contributed by atoms with Crippen molar-refractivity contribution in [2.24, 2.45) is 5.92 Å². The fraction of sp³-hybridized carbons (Fsp3) is 0.238. The van der Waals surface area contributed by atoms with E-state index < -0.39 is 28.6 Å². The van der Waals surface area contributed by atoms with Crippen LogP contribution < -0.4 is 10.6 Å². The van der Waals surface area contributed by atoms with Crippen molar-refractivity contribution < 1.29 is 18.9 Å². The van der Waals surface area contributed by atoms with E-state index in [0.29, 0.717) is 5.82 Å². The fourth-order valence-corrected chi connectivity index (χ4v) is 3.48. The zero-order chi connectivity index (χ0) is 24.0. The molecule has 33 heavy (non-hydrogen) atoms. The molecule has 0 spiro atoms. The van der Waals surface area contributed by atoms with Gasteiger partial charge in [0.1, 0.15) is 11.6 Å². The van der Waals surface area contributed by atoms with Crippen molar-refractivity contribution in [3.05, 3.63) is 75.9 Å². The van der Waals surface area contributed by atoms with Gasteiger partial charge in [0.15, 0.2) is 0 Å². The van der Waals surface area contributed by atoms with Crippen LogP contribution in [0.5, 0.6) is 0 Å². The Morgan fingerprint density at radius 3 is 2.67 bits per heavy atom. The molecule has 0 aliphatic carbocycles. The predicted molar refractivity (Wildman–Crippen MR) is 120 cm³/mol. The van der Waals surface area contributed by atoms with E-state index in [2.05, 4.69) is 25.8 Å². The number of non-ortho nitro benzene ring substituents is 1. The molecule has 0 saturated heterocycles. The number of nitrogens with one attached hydrogen (secondary N) is 3. The van der Waals surface area contributed by atoms with E-state index in [4.69, 9.17) is 0 Å². The number of H-pyrrole nitrogens is 1. The molecule has 2 aromatic carbocycles. The second-order valence-electron chi connectivity index (χ2n) is 7.32. The van der Waals surface area contributed by atoms with E-state index in [1.807, 2.05) is 13.8 Å². The summed E-state index contributed by atoms with van der Waals surface area (Å²) in [7, 11) is 0. The summed E-state index contributed by atoms with van der Waals surface area (Å²) in [6.07, 6.45) is 0. The summed E-state index contributed by atoms with van der Waals surface area (Å²) < 4.78 is 13.7. The number of nitrogens with zero attached hydrogens (tertiary/aromatic N) is 3. The van der Waals surface area contributed by atoms with Crippen molar-refractivity contribution in [2.75, 3.05) is 11.1 Å². The number of aromatic amines is 1. The molecule has 0 unspecified atom stereocenters. The first-order chi connectivity index (χ1) is 15.7. The summed E-state index contributed by atoms with van der Waals surface area (Å²) in [6.45, 7) is 3.74. The minimum Gasteiger partial charge on any atom is -0.342 e. The van der Waals surface area contributed by atoms with Gasteiger partial charge in [-0.05, 0) is 24.1 Å². The molecule has 2 amide bonds. The molecule has 3 N–H and O–H groups in total. The third-order valence-electron chi connectivity index (χ3n) is 4.53. The van der Waals surface area contributed by atoms with E-state index in [1.165, 1.54) is 42.5 Å². The number of hydrogen-bond donors (Lipinski definition) is 3. The number of nitro groups is 1. The van der Waals surface area contributed by atoms with Crippen LogP contribution in [0.3, 0.4) is 0 Å². The van der Waals surface area contributed by atoms with Crippen LogP contribution in [0.2, 0.25) is 0 Å². The zero-order valence-electron chi connectivity index (χ0n) is 17.7. The molecule has 10 nitrogen and oxygen atoms in total. The second kappa shape index (κ2) is 10.7. The van der Waals surface area contributed by atoms with Gasteiger partial charge in [0, 0.05) is 17.7 Å². The average molecular weight is 473 g/mol. The quantitative estimate of drug-likeness (QED) is 0.245. The Balaban J connectivity index is 1.63. The van der Waals surface area contributed by atoms with E-state index in [9.17, 15) is 24.1 Å². The first kappa shape index (κ1) is 23.9. The van der Waals surface area contributed by atoms with Crippen LogP contribution in [0.15, 0.2) is 53.7 Å². The molecular weight excluding hydrogens is 451 g/mol. The number of thioether (sulfide) groups is 1. The van der Waals surface area contributed by atoms with Crippen molar-refractivity contribution in [1.29, 1.82) is 0 Å². The van der Waals surface area contributed by atoms with Gasteiger partial charge in [0.25, 0.3) is 11.6 Å². The molecule has 172 valence electrons. The summed E-state index contributed by atoms with van der Waals surface area (Å²) in [6, 6.07) is 10.7. The van der Waals surface area contributed by atoms with Crippen LogP contribution in [-0.4, -0.2) is 37.7 Å². The predicted octanol–water partition coefficient (Wildman–Crippen LogP) is 3.71. The number of para-hydroxylation sites is 1. The lowest BCUT2D eigenvalue weighted by Crippen LogP contribution is -2.32. The number of benzene rings is 2. The van der Waals surface area contributed by atoms with Gasteiger partial charge < -0.3 is 10.6 Å². The largest absolute Gasteiger partial charge is 0.342 e. The molecule has 1 atom stereocenters. The van der Waals surface area contributed by atoms with Crippen LogP contribution in [0, 0.1) is 21.8 Å². The molecule has 1 heterocycles. The minimum atomic E-state index is -0.570. The summed E-state index contributed by atoms with van der Waals surface area (Å²) >= 11 is 1.05. The second-order valence-corrected chi connectivity index (χ2v) is 8.27. The maximum absolute atomic E-state index is 13.7. The van der Waals surface area contributed by atoms with Gasteiger partial charge in [-0.25, -0.2) is 9.37 Å². The van der Waals surface area contributed by atoms with Crippen molar-refractivity contribution >= 4 is 35.0 Å². The first-order valence-corrected chi connectivity index (χ1v) is 10.9. The lowest BCUT2D eigenvalue weighted by molar-refractivity contribution is -0.384. The number of hydrogen-bond acceptors (Lipinski definition) is 7. The van der Waals surface area contributed by atoms with Crippen LogP contribution in [0.25, 0.3) is 0 Å². The van der Waals surface area contributed by atoms with Gasteiger partial charge in [-0.1, -0.05) is 43.8 Å². The van der Waals surface area contributed by atoms with E-state index in [0.717, 1.165) is 11.8 Å². The van der Waals surface area contributed by atoms with Crippen molar-refractivity contribution in [2.45, 2.75) is 25.0 Å². The number of nitro benzene ring substituents is 1. The third-order valence-corrected chi connectivity index (χ3v) is 5.38. The number of halogens is 1. The maximum Gasteiger partial charge on any atom is 0.270 e. The number of anilines is 1. The average Bonchev–Trinajstić information content (AvgIpc) is 3.26. The lowest BCUT2D eigenvalue weighted by atomic mass is 10.0. The fourth-order valence-electron chi connectivity index (χ4n) is 2.88. The molecule has 0 fully saturated rings. The maximum atomic E-state index is 13.7. The molecule has 3 rings (SSSR count). The number of carbonyl (C=O) groups is 2. The molecule has 0 radical (unpaired) electrons. The van der Waals surface area contributed by atoms with Gasteiger partial charge >= 0.3 is 0 Å². The topological polar surface area (TPSA) is 143 Å². The van der Waals surface area contributed by atoms with Crippen LogP contribution in [-0.2, 0) is 4.79 Å². The van der Waals surface area contributed by atoms with Gasteiger partial charge in [-0.3, -0.25) is 24.8 Å². The summed E-state index contributed by atoms with van der Waals surface area (Å²) in [5, 5.41) is 23.4. The SMILES string of the molecule is CC(C)[C@@H](NC(=O)c1cccc([N+](=O)[O-])c1)c1nc(SCC(=O)Nc2ccccc2F)n[nH]1. The summed E-state index contributed by atoms with van der Waals surface area (Å²) in [4.78, 5) is 39.5. The molecule has 0 aliphatic heterocycles. The van der Waals surface area contributed by atoms with E-state index in [-0.39, 0.29) is 33.8 Å². The molecule has 3 aromatic rings. The molecule has 1 aromatic heterocycles. The Morgan fingerprint density at radius 2 is 1.97 bits per heavy atom. The normalized spacial score (nSPS) is 11.8. The number of aromatic nitrogens is 3. The van der Waals surface area contributed by atoms with E-state index >= 15 is 0 Å². The van der Waals surface area contributed by atoms with Gasteiger partial charge in [0.05, 0.1) is 22.4 Å². The Labute approximate surface area is 192 Å². The van der Waals surface area contributed by atoms with Gasteiger partial charge in [-0.2, -0.15) is 0 Å². The Morgan fingerprint density at radius 1 is 1.21 bits per heavy atom. The first-order valence-electron chi connectivity index (χ1n) is 9.89. The highest BCUT2D eigenvalue weighted by Gasteiger charge is 2.24. The molecule has 12 heteroatoms. The Hall–Kier alpha value is -3.80. The molecule has 0 bridgehead atoms. The van der Waals surface area contributed by atoms with Gasteiger partial charge in [0.2, 0.25) is 11.1 Å². The lowest BCUT2D eigenvalue weighted by Gasteiger charge is -2.19. The van der Waals surface area contributed by atoms with Crippen LogP contribution >= 0.6 is 11.8 Å². The van der Waals surface area contributed by atoms with E-state index in [1.54, 1.807) is 6.07 Å². The Bertz CT molecular complexity index is 1170. The third kappa shape index (κ3) is 6.35. The van der Waals surface area contributed by atoms with Crippen molar-refractivity contribution in [3.8, 4) is 0 Å². The number of carbonyl (C=O) groups excluding carboxylic acids is 2. The van der Waals surface area contributed by atoms with Gasteiger partial charge in [-0.15, -0.1) is 5.10 Å². The van der Waals surface area contributed by atoms with Crippen molar-refractivity contribution in [1.82, 2.24) is 20.5 Å².